The molecule has 3 rings (SSSR count). The van der Waals surface area contributed by atoms with Crippen LogP contribution in [-0.4, -0.2) is 29.8 Å². The number of rotatable bonds is 6. The molecule has 3 aromatic rings. The van der Waals surface area contributed by atoms with Crippen molar-refractivity contribution < 1.29 is 13.9 Å². The first-order chi connectivity index (χ1) is 12.2. The second kappa shape index (κ2) is 7.81. The molecule has 1 heterocycles. The van der Waals surface area contributed by atoms with Gasteiger partial charge in [0, 0.05) is 17.1 Å². The lowest BCUT2D eigenvalue weighted by Crippen LogP contribution is -2.26. The molecule has 0 saturated heterocycles. The maximum Gasteiger partial charge on any atom is 0.308 e. The van der Waals surface area contributed by atoms with Crippen molar-refractivity contribution in [2.75, 3.05) is 13.7 Å². The third-order valence-corrected chi connectivity index (χ3v) is 3.83. The monoisotopic (exact) mass is 357 g/mol. The van der Waals surface area contributed by atoms with Gasteiger partial charge in [0.15, 0.2) is 0 Å². The number of halogens is 1. The van der Waals surface area contributed by atoms with Crippen LogP contribution in [0.5, 0.6) is 5.75 Å². The molecule has 0 radical (unpaired) electrons. The predicted molar refractivity (Wildman–Crippen MR) is 93.8 cm³/mol. The van der Waals surface area contributed by atoms with Crippen LogP contribution < -0.4 is 10.1 Å². The van der Waals surface area contributed by atoms with E-state index in [9.17, 15) is 4.79 Å². The second-order valence-electron chi connectivity index (χ2n) is 5.24. The van der Waals surface area contributed by atoms with E-state index in [1.54, 1.807) is 31.4 Å². The van der Waals surface area contributed by atoms with E-state index in [0.717, 1.165) is 11.3 Å². The number of aromatic nitrogens is 2. The number of nitrogens with one attached hydrogen (secondary N) is 1. The summed E-state index contributed by atoms with van der Waals surface area (Å²) in [6, 6.07) is 14.6. The molecule has 0 aliphatic heterocycles. The van der Waals surface area contributed by atoms with Crippen LogP contribution in [0.4, 0.5) is 0 Å². The van der Waals surface area contributed by atoms with E-state index in [0.29, 0.717) is 23.6 Å². The number of carbonyl (C=O) groups is 1. The molecule has 25 heavy (non-hydrogen) atoms. The zero-order valence-electron chi connectivity index (χ0n) is 13.5. The Labute approximate surface area is 149 Å². The lowest BCUT2D eigenvalue weighted by Gasteiger charge is -2.08. The Bertz CT molecular complexity index is 862. The number of amides is 1. The maximum atomic E-state index is 12.1. The largest absolute Gasteiger partial charge is 0.496 e. The summed E-state index contributed by atoms with van der Waals surface area (Å²) in [5, 5.41) is 11.0. The number of hydrogen-bond acceptors (Lipinski definition) is 5. The van der Waals surface area contributed by atoms with Crippen LogP contribution in [-0.2, 0) is 6.42 Å². The zero-order valence-corrected chi connectivity index (χ0v) is 14.3. The molecule has 7 heteroatoms. The fourth-order valence-electron chi connectivity index (χ4n) is 2.32. The number of carbonyl (C=O) groups excluding carboxylic acids is 1. The standard InChI is InChI=1S/C18H16ClN3O3/c1-24-15-5-3-2-4-12(15)10-11-20-16(23)18-22-21-17(25-18)13-6-8-14(19)9-7-13/h2-9H,10-11H2,1H3,(H,20,23). The van der Waals surface area contributed by atoms with Crippen molar-refractivity contribution in [1.29, 1.82) is 0 Å². The molecule has 0 saturated carbocycles. The molecule has 0 aliphatic carbocycles. The van der Waals surface area contributed by atoms with Crippen molar-refractivity contribution in [2.24, 2.45) is 0 Å². The van der Waals surface area contributed by atoms with Crippen LogP contribution >= 0.6 is 11.6 Å². The van der Waals surface area contributed by atoms with Gasteiger partial charge in [0.25, 0.3) is 0 Å². The zero-order chi connectivity index (χ0) is 17.6. The van der Waals surface area contributed by atoms with E-state index in [-0.39, 0.29) is 11.8 Å². The highest BCUT2D eigenvalue weighted by Crippen LogP contribution is 2.20. The van der Waals surface area contributed by atoms with Crippen LogP contribution in [0.1, 0.15) is 16.2 Å². The first-order valence-electron chi connectivity index (χ1n) is 7.67. The number of para-hydroxylation sites is 1. The Hall–Kier alpha value is -2.86. The fraction of sp³-hybridized carbons (Fsp3) is 0.167. The van der Waals surface area contributed by atoms with E-state index < -0.39 is 5.91 Å². The molecule has 6 nitrogen and oxygen atoms in total. The van der Waals surface area contributed by atoms with Crippen LogP contribution in [0.25, 0.3) is 11.5 Å². The quantitative estimate of drug-likeness (QED) is 0.731. The van der Waals surface area contributed by atoms with Gasteiger partial charge < -0.3 is 14.5 Å². The van der Waals surface area contributed by atoms with Crippen molar-refractivity contribution in [3.8, 4) is 17.2 Å². The first kappa shape index (κ1) is 17.0. The molecule has 1 aromatic heterocycles. The van der Waals surface area contributed by atoms with E-state index in [1.807, 2.05) is 24.3 Å². The summed E-state index contributed by atoms with van der Waals surface area (Å²) >= 11 is 5.84. The van der Waals surface area contributed by atoms with Crippen LogP contribution in [0.2, 0.25) is 5.02 Å². The SMILES string of the molecule is COc1ccccc1CCNC(=O)c1nnc(-c2ccc(Cl)cc2)o1. The molecule has 0 fully saturated rings. The summed E-state index contributed by atoms with van der Waals surface area (Å²) in [5.74, 6) is 0.568. The average molecular weight is 358 g/mol. The van der Waals surface area contributed by atoms with Gasteiger partial charge in [-0.2, -0.15) is 0 Å². The average Bonchev–Trinajstić information content (AvgIpc) is 3.13. The summed E-state index contributed by atoms with van der Waals surface area (Å²) in [4.78, 5) is 12.1. The molecule has 128 valence electrons. The first-order valence-corrected chi connectivity index (χ1v) is 8.04. The summed E-state index contributed by atoms with van der Waals surface area (Å²) in [5.41, 5.74) is 1.71. The van der Waals surface area contributed by atoms with Gasteiger partial charge in [-0.15, -0.1) is 10.2 Å². The van der Waals surface area contributed by atoms with Crippen LogP contribution in [0, 0.1) is 0 Å². The highest BCUT2D eigenvalue weighted by atomic mass is 35.5. The molecule has 0 unspecified atom stereocenters. The van der Waals surface area contributed by atoms with Crippen molar-refractivity contribution in [1.82, 2.24) is 15.5 Å². The predicted octanol–water partition coefficient (Wildman–Crippen LogP) is 3.37. The van der Waals surface area contributed by atoms with Gasteiger partial charge in [-0.05, 0) is 42.3 Å². The molecular weight excluding hydrogens is 342 g/mol. The number of nitrogens with zero attached hydrogens (tertiary/aromatic N) is 2. The van der Waals surface area contributed by atoms with Gasteiger partial charge in [-0.3, -0.25) is 4.79 Å². The molecule has 0 spiro atoms. The lowest BCUT2D eigenvalue weighted by molar-refractivity contribution is 0.0920. The minimum atomic E-state index is -0.414. The van der Waals surface area contributed by atoms with Crippen molar-refractivity contribution in [3.63, 3.8) is 0 Å². The van der Waals surface area contributed by atoms with Gasteiger partial charge in [-0.1, -0.05) is 29.8 Å². The topological polar surface area (TPSA) is 77.2 Å². The Morgan fingerprint density at radius 2 is 1.92 bits per heavy atom. The Morgan fingerprint density at radius 1 is 1.16 bits per heavy atom. The van der Waals surface area contributed by atoms with Crippen LogP contribution in [0.15, 0.2) is 52.9 Å². The van der Waals surface area contributed by atoms with Gasteiger partial charge >= 0.3 is 11.8 Å². The van der Waals surface area contributed by atoms with Crippen LogP contribution in [0.3, 0.4) is 0 Å². The molecule has 2 aromatic carbocycles. The smallest absolute Gasteiger partial charge is 0.308 e. The molecule has 0 atom stereocenters. The summed E-state index contributed by atoms with van der Waals surface area (Å²) in [6.45, 7) is 0.428. The summed E-state index contributed by atoms with van der Waals surface area (Å²) in [6.07, 6.45) is 0.633. The second-order valence-corrected chi connectivity index (χ2v) is 5.67. The van der Waals surface area contributed by atoms with E-state index in [1.165, 1.54) is 0 Å². The fourth-order valence-corrected chi connectivity index (χ4v) is 2.45. The Balaban J connectivity index is 1.59. The lowest BCUT2D eigenvalue weighted by atomic mass is 10.1. The van der Waals surface area contributed by atoms with Crippen molar-refractivity contribution in [2.45, 2.75) is 6.42 Å². The molecule has 0 bridgehead atoms. The number of hydrogen-bond donors (Lipinski definition) is 1. The van der Waals surface area contributed by atoms with Gasteiger partial charge in [-0.25, -0.2) is 0 Å². The third-order valence-electron chi connectivity index (χ3n) is 3.58. The number of benzene rings is 2. The minimum absolute atomic E-state index is 0.0787. The molecule has 0 aliphatic rings. The van der Waals surface area contributed by atoms with Gasteiger partial charge in [0.05, 0.1) is 7.11 Å². The number of methoxy groups -OCH3 is 1. The van der Waals surface area contributed by atoms with E-state index >= 15 is 0 Å². The normalized spacial score (nSPS) is 10.5. The third kappa shape index (κ3) is 4.16. The number of ether oxygens (including phenoxy) is 1. The molecular formula is C18H16ClN3O3. The molecule has 1 amide bonds. The van der Waals surface area contributed by atoms with Gasteiger partial charge in [0.2, 0.25) is 5.89 Å². The maximum absolute atomic E-state index is 12.1. The van der Waals surface area contributed by atoms with Gasteiger partial charge in [0.1, 0.15) is 5.75 Å². The highest BCUT2D eigenvalue weighted by Gasteiger charge is 2.15. The van der Waals surface area contributed by atoms with Crippen molar-refractivity contribution in [3.05, 3.63) is 65.0 Å². The highest BCUT2D eigenvalue weighted by molar-refractivity contribution is 6.30. The summed E-state index contributed by atoms with van der Waals surface area (Å²) in [7, 11) is 1.62. The Kier molecular flexibility index (Phi) is 5.30. The molecule has 1 N–H and O–H groups in total. The summed E-state index contributed by atoms with van der Waals surface area (Å²) < 4.78 is 10.7. The minimum Gasteiger partial charge on any atom is -0.496 e. The van der Waals surface area contributed by atoms with E-state index in [2.05, 4.69) is 15.5 Å². The Morgan fingerprint density at radius 3 is 2.68 bits per heavy atom. The van der Waals surface area contributed by atoms with E-state index in [4.69, 9.17) is 20.8 Å². The van der Waals surface area contributed by atoms with Crippen molar-refractivity contribution >= 4 is 17.5 Å².